The first-order valence-electron chi connectivity index (χ1n) is 5.30. The highest BCUT2D eigenvalue weighted by molar-refractivity contribution is 5.97. The van der Waals surface area contributed by atoms with Crippen molar-refractivity contribution in [2.75, 3.05) is 0 Å². The van der Waals surface area contributed by atoms with Crippen LogP contribution in [0.1, 0.15) is 40.0 Å². The van der Waals surface area contributed by atoms with E-state index in [4.69, 9.17) is 0 Å². The van der Waals surface area contributed by atoms with Gasteiger partial charge in [0.1, 0.15) is 0 Å². The van der Waals surface area contributed by atoms with Gasteiger partial charge in [0, 0.05) is 5.92 Å². The third-order valence-corrected chi connectivity index (χ3v) is 2.76. The van der Waals surface area contributed by atoms with E-state index in [1.54, 1.807) is 0 Å². The molecule has 1 aliphatic heterocycles. The van der Waals surface area contributed by atoms with Crippen LogP contribution in [0.5, 0.6) is 0 Å². The fourth-order valence-electron chi connectivity index (χ4n) is 1.56. The molecule has 0 aromatic rings. The number of allylic oxidation sites excluding steroid dienone is 1. The van der Waals surface area contributed by atoms with Gasteiger partial charge in [-0.1, -0.05) is 6.42 Å². The Morgan fingerprint density at radius 2 is 2.21 bits per heavy atom. The highest BCUT2D eigenvalue weighted by Crippen LogP contribution is 2.29. The lowest BCUT2D eigenvalue weighted by atomic mass is 9.81. The summed E-state index contributed by atoms with van der Waals surface area (Å²) in [5.74, 6) is 0.675. The number of nitrogens with one attached hydrogen (secondary N) is 1. The standard InChI is InChI=1S/C11H18N3/c1-11(2,3)14-12-8-7-10(13-14)9-5-4-6-9/h7,9,12H,4-6H2,1-3H3. The molecule has 0 unspecified atom stereocenters. The summed E-state index contributed by atoms with van der Waals surface area (Å²) in [7, 11) is 0. The molecule has 2 aliphatic rings. The SMILES string of the molecule is CC(C)(C)N1N=C(C2CCC2)C=[C]N1. The van der Waals surface area contributed by atoms with Gasteiger partial charge < -0.3 is 0 Å². The molecule has 0 aromatic heterocycles. The number of hydrazone groups is 1. The van der Waals surface area contributed by atoms with Crippen LogP contribution in [0.4, 0.5) is 0 Å². The van der Waals surface area contributed by atoms with E-state index in [1.807, 2.05) is 11.2 Å². The van der Waals surface area contributed by atoms with Gasteiger partial charge in [-0.2, -0.15) is 5.10 Å². The fraction of sp³-hybridized carbons (Fsp3) is 0.727. The van der Waals surface area contributed by atoms with Crippen LogP contribution in [-0.2, 0) is 0 Å². The van der Waals surface area contributed by atoms with E-state index in [0.29, 0.717) is 5.92 Å². The third kappa shape index (κ3) is 1.76. The van der Waals surface area contributed by atoms with Crippen molar-refractivity contribution in [3.05, 3.63) is 12.3 Å². The molecule has 1 N–H and O–H groups in total. The average molecular weight is 192 g/mol. The molecular formula is C11H18N3. The van der Waals surface area contributed by atoms with E-state index < -0.39 is 0 Å². The van der Waals surface area contributed by atoms with Crippen LogP contribution in [0, 0.1) is 12.1 Å². The second-order valence-electron chi connectivity index (χ2n) is 5.04. The highest BCUT2D eigenvalue weighted by atomic mass is 15.7. The lowest BCUT2D eigenvalue weighted by molar-refractivity contribution is 0.0916. The summed E-state index contributed by atoms with van der Waals surface area (Å²) in [6.45, 7) is 6.40. The topological polar surface area (TPSA) is 27.6 Å². The van der Waals surface area contributed by atoms with Gasteiger partial charge in [0.05, 0.1) is 17.5 Å². The maximum absolute atomic E-state index is 4.60. The molecule has 2 rings (SSSR count). The van der Waals surface area contributed by atoms with Crippen LogP contribution in [0.25, 0.3) is 0 Å². The second-order valence-corrected chi connectivity index (χ2v) is 5.04. The molecule has 1 heterocycles. The molecule has 77 valence electrons. The Bertz CT molecular complexity index is 269. The zero-order valence-corrected chi connectivity index (χ0v) is 9.17. The number of hydrogen-bond donors (Lipinski definition) is 1. The van der Waals surface area contributed by atoms with Gasteiger partial charge in [-0.05, 0) is 39.7 Å². The lowest BCUT2D eigenvalue weighted by Crippen LogP contribution is -2.47. The maximum Gasteiger partial charge on any atom is 0.0827 e. The third-order valence-electron chi connectivity index (χ3n) is 2.76. The van der Waals surface area contributed by atoms with Crippen LogP contribution in [0.2, 0.25) is 0 Å². The molecule has 3 nitrogen and oxygen atoms in total. The van der Waals surface area contributed by atoms with Crippen LogP contribution in [0.3, 0.4) is 0 Å². The first-order chi connectivity index (χ1) is 6.57. The van der Waals surface area contributed by atoms with Gasteiger partial charge in [-0.15, -0.1) is 0 Å². The minimum atomic E-state index is 0.0102. The van der Waals surface area contributed by atoms with E-state index in [0.717, 1.165) is 0 Å². The fourth-order valence-corrected chi connectivity index (χ4v) is 1.56. The lowest BCUT2D eigenvalue weighted by Gasteiger charge is -2.36. The van der Waals surface area contributed by atoms with Crippen molar-refractivity contribution in [1.29, 1.82) is 0 Å². The Balaban J connectivity index is 2.09. The minimum Gasteiger partial charge on any atom is -0.280 e. The molecule has 1 aliphatic carbocycles. The Kier molecular flexibility index (Phi) is 2.25. The van der Waals surface area contributed by atoms with E-state index in [9.17, 15) is 0 Å². The Hall–Kier alpha value is -0.990. The Morgan fingerprint density at radius 3 is 2.71 bits per heavy atom. The van der Waals surface area contributed by atoms with Gasteiger partial charge in [0.25, 0.3) is 0 Å². The molecule has 0 bridgehead atoms. The van der Waals surface area contributed by atoms with Crippen molar-refractivity contribution in [2.24, 2.45) is 11.0 Å². The minimum absolute atomic E-state index is 0.0102. The van der Waals surface area contributed by atoms with E-state index >= 15 is 0 Å². The molecule has 1 radical (unpaired) electrons. The van der Waals surface area contributed by atoms with Crippen molar-refractivity contribution in [3.8, 4) is 0 Å². The number of rotatable bonds is 1. The van der Waals surface area contributed by atoms with Gasteiger partial charge in [-0.25, -0.2) is 5.12 Å². The predicted octanol–water partition coefficient (Wildman–Crippen LogP) is 2.08. The zero-order chi connectivity index (χ0) is 10.2. The predicted molar refractivity (Wildman–Crippen MR) is 57.3 cm³/mol. The summed E-state index contributed by atoms with van der Waals surface area (Å²) in [6.07, 6.45) is 8.96. The molecule has 0 atom stereocenters. The second kappa shape index (κ2) is 3.30. The van der Waals surface area contributed by atoms with Gasteiger partial charge in [-0.3, -0.25) is 5.43 Å². The van der Waals surface area contributed by atoms with Crippen LogP contribution in [-0.4, -0.2) is 16.4 Å². The molecule has 0 spiro atoms. The maximum atomic E-state index is 4.60. The summed E-state index contributed by atoms with van der Waals surface area (Å²) in [5.41, 5.74) is 4.23. The highest BCUT2D eigenvalue weighted by Gasteiger charge is 2.27. The number of hydrogen-bond acceptors (Lipinski definition) is 3. The first-order valence-corrected chi connectivity index (χ1v) is 5.30. The summed E-state index contributed by atoms with van der Waals surface area (Å²) >= 11 is 0. The molecule has 3 heteroatoms. The molecule has 0 aromatic carbocycles. The van der Waals surface area contributed by atoms with Crippen LogP contribution < -0.4 is 5.43 Å². The number of nitrogens with zero attached hydrogens (tertiary/aromatic N) is 2. The van der Waals surface area contributed by atoms with Crippen molar-refractivity contribution < 1.29 is 0 Å². The zero-order valence-electron chi connectivity index (χ0n) is 9.17. The summed E-state index contributed by atoms with van der Waals surface area (Å²) in [4.78, 5) is 0. The van der Waals surface area contributed by atoms with E-state index in [-0.39, 0.29) is 5.54 Å². The van der Waals surface area contributed by atoms with Crippen LogP contribution in [0.15, 0.2) is 11.2 Å². The summed E-state index contributed by atoms with van der Waals surface area (Å²) in [6, 6.07) is 0. The monoisotopic (exact) mass is 192 g/mol. The van der Waals surface area contributed by atoms with Crippen molar-refractivity contribution in [2.45, 2.75) is 45.6 Å². The first kappa shape index (κ1) is 9.56. The van der Waals surface area contributed by atoms with Crippen molar-refractivity contribution in [1.82, 2.24) is 10.5 Å². The van der Waals surface area contributed by atoms with Crippen molar-refractivity contribution in [3.63, 3.8) is 0 Å². The molecule has 0 amide bonds. The molecule has 0 saturated heterocycles. The van der Waals surface area contributed by atoms with E-state index in [2.05, 4.69) is 37.5 Å². The van der Waals surface area contributed by atoms with Gasteiger partial charge in [0.2, 0.25) is 0 Å². The average Bonchev–Trinajstić information content (AvgIpc) is 2.00. The smallest absolute Gasteiger partial charge is 0.0827 e. The summed E-state index contributed by atoms with van der Waals surface area (Å²) in [5, 5.41) is 6.49. The van der Waals surface area contributed by atoms with Crippen molar-refractivity contribution >= 4 is 5.71 Å². The molecule has 1 saturated carbocycles. The molecule has 14 heavy (non-hydrogen) atoms. The normalized spacial score (nSPS) is 22.8. The number of hydrazine groups is 1. The largest absolute Gasteiger partial charge is 0.280 e. The Morgan fingerprint density at radius 1 is 1.50 bits per heavy atom. The van der Waals surface area contributed by atoms with E-state index in [1.165, 1.54) is 25.0 Å². The quantitative estimate of drug-likeness (QED) is 0.688. The Labute approximate surface area is 85.8 Å². The van der Waals surface area contributed by atoms with Crippen LogP contribution >= 0.6 is 0 Å². The molecule has 1 fully saturated rings. The van der Waals surface area contributed by atoms with Gasteiger partial charge >= 0.3 is 0 Å². The van der Waals surface area contributed by atoms with Gasteiger partial charge in [0.15, 0.2) is 0 Å². The summed E-state index contributed by atoms with van der Waals surface area (Å²) < 4.78 is 0. The molecular weight excluding hydrogens is 174 g/mol.